The van der Waals surface area contributed by atoms with E-state index in [9.17, 15) is 14.4 Å². The van der Waals surface area contributed by atoms with Gasteiger partial charge in [-0.25, -0.2) is 4.98 Å². The zero-order valence-corrected chi connectivity index (χ0v) is 18.0. The summed E-state index contributed by atoms with van der Waals surface area (Å²) in [5.74, 6) is -0.142. The van der Waals surface area contributed by atoms with Crippen LogP contribution >= 0.6 is 11.8 Å². The predicted octanol–water partition coefficient (Wildman–Crippen LogP) is 3.51. The van der Waals surface area contributed by atoms with E-state index in [1.807, 2.05) is 12.1 Å². The Bertz CT molecular complexity index is 1170. The number of nitrogens with zero attached hydrogens (tertiary/aromatic N) is 2. The number of nitrogens with one attached hydrogen (secondary N) is 1. The number of benzene rings is 2. The Hall–Kier alpha value is -2.97. The molecule has 0 saturated carbocycles. The van der Waals surface area contributed by atoms with E-state index in [0.717, 1.165) is 12.8 Å². The minimum atomic E-state index is -0.216. The van der Waals surface area contributed by atoms with Crippen LogP contribution in [0.2, 0.25) is 0 Å². The van der Waals surface area contributed by atoms with Crippen LogP contribution in [0.25, 0.3) is 10.9 Å². The number of Topliss-reactive ketones (excluding diaryl/α,β-unsaturated/α-hetero) is 1. The normalized spacial score (nSPS) is 15.8. The highest BCUT2D eigenvalue weighted by atomic mass is 32.2. The monoisotopic (exact) mass is 437 g/mol. The Labute approximate surface area is 183 Å². The maximum atomic E-state index is 13.1. The topological polar surface area (TPSA) is 90.3 Å². The van der Waals surface area contributed by atoms with Gasteiger partial charge in [-0.3, -0.25) is 19.0 Å². The van der Waals surface area contributed by atoms with Crippen molar-refractivity contribution in [2.75, 3.05) is 17.7 Å². The van der Waals surface area contributed by atoms with E-state index in [1.165, 1.54) is 18.7 Å². The van der Waals surface area contributed by atoms with E-state index < -0.39 is 0 Å². The van der Waals surface area contributed by atoms with Gasteiger partial charge in [0.2, 0.25) is 5.91 Å². The Morgan fingerprint density at radius 2 is 1.97 bits per heavy atom. The van der Waals surface area contributed by atoms with E-state index in [2.05, 4.69) is 10.3 Å². The molecule has 31 heavy (non-hydrogen) atoms. The molecule has 1 amide bonds. The van der Waals surface area contributed by atoms with Crippen molar-refractivity contribution < 1.29 is 14.3 Å². The van der Waals surface area contributed by atoms with Crippen molar-refractivity contribution >= 4 is 40.0 Å². The predicted molar refractivity (Wildman–Crippen MR) is 121 cm³/mol. The van der Waals surface area contributed by atoms with E-state index >= 15 is 0 Å². The number of hydrogen-bond acceptors (Lipinski definition) is 6. The highest BCUT2D eigenvalue weighted by molar-refractivity contribution is 7.99. The van der Waals surface area contributed by atoms with Crippen LogP contribution in [0.5, 0.6) is 0 Å². The zero-order chi connectivity index (χ0) is 21.8. The van der Waals surface area contributed by atoms with Gasteiger partial charge in [-0.15, -0.1) is 0 Å². The molecular formula is C23H23N3O4S. The fraction of sp³-hybridized carbons (Fsp3) is 0.304. The first-order valence-electron chi connectivity index (χ1n) is 10.2. The van der Waals surface area contributed by atoms with Gasteiger partial charge in [0.1, 0.15) is 0 Å². The molecule has 0 radical (unpaired) electrons. The summed E-state index contributed by atoms with van der Waals surface area (Å²) in [6.45, 7) is 2.62. The van der Waals surface area contributed by atoms with Crippen molar-refractivity contribution in [3.05, 3.63) is 64.4 Å². The number of thioether (sulfide) groups is 1. The van der Waals surface area contributed by atoms with Gasteiger partial charge in [0.25, 0.3) is 5.56 Å². The summed E-state index contributed by atoms with van der Waals surface area (Å²) in [6.07, 6.45) is 1.86. The summed E-state index contributed by atoms with van der Waals surface area (Å²) in [5, 5.41) is 3.87. The van der Waals surface area contributed by atoms with Crippen LogP contribution in [-0.4, -0.2) is 39.7 Å². The van der Waals surface area contributed by atoms with Crippen molar-refractivity contribution in [3.63, 3.8) is 0 Å². The maximum absolute atomic E-state index is 13.1. The van der Waals surface area contributed by atoms with Gasteiger partial charge in [0, 0.05) is 17.9 Å². The molecule has 1 atom stereocenters. The van der Waals surface area contributed by atoms with Crippen LogP contribution < -0.4 is 10.9 Å². The molecule has 0 spiro atoms. The van der Waals surface area contributed by atoms with Crippen molar-refractivity contribution in [3.8, 4) is 0 Å². The molecule has 8 heteroatoms. The third-order valence-electron chi connectivity index (χ3n) is 5.14. The summed E-state index contributed by atoms with van der Waals surface area (Å²) in [5.41, 5.74) is 1.69. The summed E-state index contributed by atoms with van der Waals surface area (Å²) in [7, 11) is 0. The first-order valence-corrected chi connectivity index (χ1v) is 11.1. The highest BCUT2D eigenvalue weighted by Gasteiger charge is 2.20. The van der Waals surface area contributed by atoms with Crippen LogP contribution in [-0.2, 0) is 16.1 Å². The van der Waals surface area contributed by atoms with Crippen LogP contribution in [0, 0.1) is 0 Å². The number of para-hydroxylation sites is 1. The molecule has 7 nitrogen and oxygen atoms in total. The smallest absolute Gasteiger partial charge is 0.262 e. The lowest BCUT2D eigenvalue weighted by atomic mass is 10.1. The SMILES string of the molecule is CC(=O)c1ccc(NC(=O)CSc2nc3ccccc3c(=O)n2CC2CCCO2)cc1. The molecule has 1 aliphatic heterocycles. The molecule has 1 unspecified atom stereocenters. The average molecular weight is 438 g/mol. The Kier molecular flexibility index (Phi) is 6.48. The van der Waals surface area contributed by atoms with E-state index in [4.69, 9.17) is 4.74 Å². The Balaban J connectivity index is 1.51. The number of ketones is 1. The number of ether oxygens (including phenoxy) is 1. The van der Waals surface area contributed by atoms with Crippen molar-refractivity contribution in [2.45, 2.75) is 37.6 Å². The van der Waals surface area contributed by atoms with Gasteiger partial charge < -0.3 is 10.1 Å². The third kappa shape index (κ3) is 5.03. The summed E-state index contributed by atoms with van der Waals surface area (Å²) in [6, 6.07) is 14.0. The molecule has 1 aliphatic rings. The zero-order valence-electron chi connectivity index (χ0n) is 17.2. The number of fused-ring (bicyclic) bond motifs is 1. The number of rotatable bonds is 7. The fourth-order valence-corrected chi connectivity index (χ4v) is 4.33. The van der Waals surface area contributed by atoms with Crippen LogP contribution in [0.3, 0.4) is 0 Å². The molecule has 0 bridgehead atoms. The Morgan fingerprint density at radius 3 is 2.68 bits per heavy atom. The minimum absolute atomic E-state index is 0.0198. The first kappa shape index (κ1) is 21.3. The molecule has 1 saturated heterocycles. The van der Waals surface area contributed by atoms with E-state index in [-0.39, 0.29) is 29.1 Å². The lowest BCUT2D eigenvalue weighted by Crippen LogP contribution is -2.29. The van der Waals surface area contributed by atoms with Crippen LogP contribution in [0.1, 0.15) is 30.1 Å². The van der Waals surface area contributed by atoms with Gasteiger partial charge in [-0.1, -0.05) is 23.9 Å². The summed E-state index contributed by atoms with van der Waals surface area (Å²) < 4.78 is 7.33. The molecule has 1 fully saturated rings. The first-order chi connectivity index (χ1) is 15.0. The molecule has 1 N–H and O–H groups in total. The second-order valence-electron chi connectivity index (χ2n) is 7.43. The molecule has 1 aromatic heterocycles. The summed E-state index contributed by atoms with van der Waals surface area (Å²) in [4.78, 5) is 41.6. The minimum Gasteiger partial charge on any atom is -0.376 e. The lowest BCUT2D eigenvalue weighted by Gasteiger charge is -2.16. The van der Waals surface area contributed by atoms with Gasteiger partial charge in [-0.05, 0) is 56.2 Å². The third-order valence-corrected chi connectivity index (χ3v) is 6.12. The fourth-order valence-electron chi connectivity index (χ4n) is 3.53. The van der Waals surface area contributed by atoms with E-state index in [0.29, 0.717) is 40.5 Å². The molecule has 3 aromatic rings. The van der Waals surface area contributed by atoms with Crippen LogP contribution in [0.4, 0.5) is 5.69 Å². The number of carbonyl (C=O) groups excluding carboxylic acids is 2. The van der Waals surface area contributed by atoms with Crippen molar-refractivity contribution in [1.82, 2.24) is 9.55 Å². The number of hydrogen-bond donors (Lipinski definition) is 1. The van der Waals surface area contributed by atoms with Gasteiger partial charge in [0.15, 0.2) is 10.9 Å². The lowest BCUT2D eigenvalue weighted by molar-refractivity contribution is -0.113. The second-order valence-corrected chi connectivity index (χ2v) is 8.38. The standard InChI is InChI=1S/C23H23N3O4S/c1-15(27)16-8-10-17(11-9-16)24-21(28)14-31-23-25-20-7-3-2-6-19(20)22(29)26(23)13-18-5-4-12-30-18/h2-3,6-11,18H,4-5,12-14H2,1H3,(H,24,28). The quantitative estimate of drug-likeness (QED) is 0.346. The molecule has 2 heterocycles. The van der Waals surface area contributed by atoms with Gasteiger partial charge in [0.05, 0.1) is 29.3 Å². The summed E-state index contributed by atoms with van der Waals surface area (Å²) >= 11 is 1.22. The van der Waals surface area contributed by atoms with E-state index in [1.54, 1.807) is 41.0 Å². The van der Waals surface area contributed by atoms with Crippen molar-refractivity contribution in [1.29, 1.82) is 0 Å². The second kappa shape index (κ2) is 9.45. The van der Waals surface area contributed by atoms with Gasteiger partial charge in [-0.2, -0.15) is 0 Å². The average Bonchev–Trinajstić information content (AvgIpc) is 3.28. The molecular weight excluding hydrogens is 414 g/mol. The largest absolute Gasteiger partial charge is 0.376 e. The number of aromatic nitrogens is 2. The molecule has 160 valence electrons. The molecule has 4 rings (SSSR count). The van der Waals surface area contributed by atoms with Crippen LogP contribution in [0.15, 0.2) is 58.5 Å². The highest BCUT2D eigenvalue weighted by Crippen LogP contribution is 2.21. The molecule has 0 aliphatic carbocycles. The van der Waals surface area contributed by atoms with Crippen molar-refractivity contribution in [2.24, 2.45) is 0 Å². The maximum Gasteiger partial charge on any atom is 0.262 e. The number of anilines is 1. The van der Waals surface area contributed by atoms with Gasteiger partial charge >= 0.3 is 0 Å². The number of amides is 1. The Morgan fingerprint density at radius 1 is 1.19 bits per heavy atom. The molecule has 2 aromatic carbocycles. The number of carbonyl (C=O) groups is 2.